The number of hydrogen-bond donors (Lipinski definition) is 0. The van der Waals surface area contributed by atoms with Crippen molar-refractivity contribution in [3.8, 4) is 5.75 Å². The van der Waals surface area contributed by atoms with Gasteiger partial charge in [-0.25, -0.2) is 4.39 Å². The standard InChI is InChI=1S/C17H17FO2/c1-11(2)20-14-7-5-13(6-8-14)17(19)15-9-4-12(3)10-16(15)18/h4-11H,1-3H3. The summed E-state index contributed by atoms with van der Waals surface area (Å²) in [5, 5.41) is 0. The number of rotatable bonds is 4. The molecule has 20 heavy (non-hydrogen) atoms. The minimum absolute atomic E-state index is 0.0751. The first-order valence-electron chi connectivity index (χ1n) is 6.55. The van der Waals surface area contributed by atoms with E-state index in [0.717, 1.165) is 5.56 Å². The molecular weight excluding hydrogens is 255 g/mol. The Morgan fingerprint density at radius 3 is 2.30 bits per heavy atom. The van der Waals surface area contributed by atoms with E-state index in [1.54, 1.807) is 37.3 Å². The Labute approximate surface area is 118 Å². The smallest absolute Gasteiger partial charge is 0.195 e. The van der Waals surface area contributed by atoms with Gasteiger partial charge in [-0.15, -0.1) is 0 Å². The van der Waals surface area contributed by atoms with Crippen molar-refractivity contribution in [3.63, 3.8) is 0 Å². The summed E-state index contributed by atoms with van der Waals surface area (Å²) in [7, 11) is 0. The molecule has 0 amide bonds. The Hall–Kier alpha value is -2.16. The van der Waals surface area contributed by atoms with E-state index in [2.05, 4.69) is 0 Å². The Kier molecular flexibility index (Phi) is 4.18. The molecule has 2 aromatic rings. The third kappa shape index (κ3) is 3.23. The van der Waals surface area contributed by atoms with Crippen molar-refractivity contribution in [1.29, 1.82) is 0 Å². The van der Waals surface area contributed by atoms with Crippen molar-refractivity contribution in [2.75, 3.05) is 0 Å². The summed E-state index contributed by atoms with van der Waals surface area (Å²) in [5.74, 6) is -0.114. The van der Waals surface area contributed by atoms with Crippen LogP contribution >= 0.6 is 0 Å². The highest BCUT2D eigenvalue weighted by Crippen LogP contribution is 2.18. The van der Waals surface area contributed by atoms with Gasteiger partial charge in [0, 0.05) is 5.56 Å². The molecule has 0 aromatic heterocycles. The molecule has 0 heterocycles. The molecule has 0 aliphatic heterocycles. The maximum absolute atomic E-state index is 13.8. The van der Waals surface area contributed by atoms with Gasteiger partial charge in [-0.2, -0.15) is 0 Å². The molecule has 0 saturated carbocycles. The minimum atomic E-state index is -0.488. The maximum atomic E-state index is 13.8. The van der Waals surface area contributed by atoms with Gasteiger partial charge in [-0.3, -0.25) is 4.79 Å². The fourth-order valence-electron chi connectivity index (χ4n) is 1.92. The SMILES string of the molecule is Cc1ccc(C(=O)c2ccc(OC(C)C)cc2)c(F)c1. The molecule has 0 aliphatic rings. The van der Waals surface area contributed by atoms with Crippen molar-refractivity contribution in [2.45, 2.75) is 26.9 Å². The molecule has 2 aromatic carbocycles. The molecule has 2 rings (SSSR count). The van der Waals surface area contributed by atoms with Gasteiger partial charge in [0.2, 0.25) is 0 Å². The molecule has 104 valence electrons. The molecule has 2 nitrogen and oxygen atoms in total. The number of halogens is 1. The van der Waals surface area contributed by atoms with E-state index >= 15 is 0 Å². The van der Waals surface area contributed by atoms with Gasteiger partial charge in [-0.1, -0.05) is 6.07 Å². The molecule has 0 spiro atoms. The lowest BCUT2D eigenvalue weighted by atomic mass is 10.0. The number of hydrogen-bond acceptors (Lipinski definition) is 2. The fraction of sp³-hybridized carbons (Fsp3) is 0.235. The minimum Gasteiger partial charge on any atom is -0.491 e. The van der Waals surface area contributed by atoms with Crippen molar-refractivity contribution in [1.82, 2.24) is 0 Å². The Bertz CT molecular complexity index is 615. The van der Waals surface area contributed by atoms with Gasteiger partial charge < -0.3 is 4.74 Å². The zero-order chi connectivity index (χ0) is 14.7. The van der Waals surface area contributed by atoms with Crippen LogP contribution in [0, 0.1) is 12.7 Å². The largest absolute Gasteiger partial charge is 0.491 e. The summed E-state index contributed by atoms with van der Waals surface area (Å²) >= 11 is 0. The second-order valence-electron chi connectivity index (χ2n) is 5.00. The van der Waals surface area contributed by atoms with Crippen LogP contribution in [0.5, 0.6) is 5.75 Å². The number of ketones is 1. The van der Waals surface area contributed by atoms with Crippen LogP contribution < -0.4 is 4.74 Å². The summed E-state index contributed by atoms with van der Waals surface area (Å²) in [6, 6.07) is 11.4. The highest BCUT2D eigenvalue weighted by atomic mass is 19.1. The number of carbonyl (C=O) groups is 1. The van der Waals surface area contributed by atoms with Gasteiger partial charge in [0.15, 0.2) is 5.78 Å². The lowest BCUT2D eigenvalue weighted by Gasteiger charge is -2.10. The third-order valence-corrected chi connectivity index (χ3v) is 2.86. The van der Waals surface area contributed by atoms with Gasteiger partial charge in [0.05, 0.1) is 11.7 Å². The maximum Gasteiger partial charge on any atom is 0.195 e. The molecule has 3 heteroatoms. The number of ether oxygens (including phenoxy) is 1. The average Bonchev–Trinajstić information content (AvgIpc) is 2.38. The highest BCUT2D eigenvalue weighted by Gasteiger charge is 2.14. The molecule has 0 fully saturated rings. The van der Waals surface area contributed by atoms with Gasteiger partial charge in [0.1, 0.15) is 11.6 Å². The second kappa shape index (κ2) is 5.87. The topological polar surface area (TPSA) is 26.3 Å². The lowest BCUT2D eigenvalue weighted by molar-refractivity contribution is 0.103. The van der Waals surface area contributed by atoms with Crippen LogP contribution in [0.1, 0.15) is 35.3 Å². The molecule has 0 atom stereocenters. The first-order valence-corrected chi connectivity index (χ1v) is 6.55. The van der Waals surface area contributed by atoms with Crippen LogP contribution in [-0.4, -0.2) is 11.9 Å². The zero-order valence-corrected chi connectivity index (χ0v) is 11.8. The highest BCUT2D eigenvalue weighted by molar-refractivity contribution is 6.09. The Morgan fingerprint density at radius 2 is 1.75 bits per heavy atom. The average molecular weight is 272 g/mol. The van der Waals surface area contributed by atoms with Crippen molar-refractivity contribution < 1.29 is 13.9 Å². The molecule has 0 unspecified atom stereocenters. The summed E-state index contributed by atoms with van der Waals surface area (Å²) in [4.78, 5) is 12.2. The molecule has 0 N–H and O–H groups in total. The normalized spacial score (nSPS) is 10.7. The van der Waals surface area contributed by atoms with E-state index in [-0.39, 0.29) is 17.5 Å². The van der Waals surface area contributed by atoms with E-state index in [4.69, 9.17) is 4.74 Å². The third-order valence-electron chi connectivity index (χ3n) is 2.86. The van der Waals surface area contributed by atoms with Gasteiger partial charge in [0.25, 0.3) is 0 Å². The zero-order valence-electron chi connectivity index (χ0n) is 11.8. The van der Waals surface area contributed by atoms with E-state index < -0.39 is 5.82 Å². The van der Waals surface area contributed by atoms with Gasteiger partial charge >= 0.3 is 0 Å². The predicted octanol–water partition coefficient (Wildman–Crippen LogP) is 4.15. The van der Waals surface area contributed by atoms with E-state index in [1.807, 2.05) is 13.8 Å². The Balaban J connectivity index is 2.25. The Morgan fingerprint density at radius 1 is 1.10 bits per heavy atom. The van der Waals surface area contributed by atoms with Crippen LogP contribution in [0.4, 0.5) is 4.39 Å². The quantitative estimate of drug-likeness (QED) is 0.781. The van der Waals surface area contributed by atoms with Crippen LogP contribution in [0.15, 0.2) is 42.5 Å². The van der Waals surface area contributed by atoms with Crippen LogP contribution in [0.3, 0.4) is 0 Å². The molecule has 0 saturated heterocycles. The second-order valence-corrected chi connectivity index (χ2v) is 5.00. The van der Waals surface area contributed by atoms with Crippen LogP contribution in [0.2, 0.25) is 0 Å². The fourth-order valence-corrected chi connectivity index (χ4v) is 1.92. The summed E-state index contributed by atoms with van der Waals surface area (Å²) in [6.07, 6.45) is 0.0751. The van der Waals surface area contributed by atoms with E-state index in [1.165, 1.54) is 12.1 Å². The monoisotopic (exact) mass is 272 g/mol. The molecule has 0 bridgehead atoms. The predicted molar refractivity (Wildman–Crippen MR) is 76.8 cm³/mol. The lowest BCUT2D eigenvalue weighted by Crippen LogP contribution is -2.07. The van der Waals surface area contributed by atoms with Gasteiger partial charge in [-0.05, 0) is 62.7 Å². The number of benzene rings is 2. The van der Waals surface area contributed by atoms with Crippen LogP contribution in [0.25, 0.3) is 0 Å². The van der Waals surface area contributed by atoms with Crippen molar-refractivity contribution in [3.05, 3.63) is 65.0 Å². The van der Waals surface area contributed by atoms with Crippen molar-refractivity contribution in [2.24, 2.45) is 0 Å². The molecule has 0 aliphatic carbocycles. The summed E-state index contributed by atoms with van der Waals surface area (Å²) < 4.78 is 19.3. The summed E-state index contributed by atoms with van der Waals surface area (Å²) in [6.45, 7) is 5.65. The number of aryl methyl sites for hydroxylation is 1. The van der Waals surface area contributed by atoms with Crippen LogP contribution in [-0.2, 0) is 0 Å². The van der Waals surface area contributed by atoms with E-state index in [9.17, 15) is 9.18 Å². The molecule has 0 radical (unpaired) electrons. The van der Waals surface area contributed by atoms with E-state index in [0.29, 0.717) is 11.3 Å². The van der Waals surface area contributed by atoms with Crippen molar-refractivity contribution >= 4 is 5.78 Å². The molecular formula is C17H17FO2. The first kappa shape index (κ1) is 14.3. The summed E-state index contributed by atoms with van der Waals surface area (Å²) in [5.41, 5.74) is 1.33. The number of carbonyl (C=O) groups excluding carboxylic acids is 1. The first-order chi connectivity index (χ1) is 9.47.